The van der Waals surface area contributed by atoms with Crippen molar-refractivity contribution in [1.82, 2.24) is 10.3 Å². The summed E-state index contributed by atoms with van der Waals surface area (Å²) >= 11 is 0.663. The number of nitrogens with one attached hydrogen (secondary N) is 6. The zero-order valence-electron chi connectivity index (χ0n) is 17.7. The van der Waals surface area contributed by atoms with Crippen molar-refractivity contribution in [3.63, 3.8) is 0 Å². The lowest BCUT2D eigenvalue weighted by Gasteiger charge is -2.10. The highest BCUT2D eigenvalue weighted by atomic mass is 32.2. The number of aromatic amines is 1. The first-order chi connectivity index (χ1) is 15.4. The molecule has 0 aliphatic heterocycles. The normalized spacial score (nSPS) is 10.7. The van der Waals surface area contributed by atoms with Gasteiger partial charge < -0.3 is 21.1 Å². The predicted octanol–water partition coefficient (Wildman–Crippen LogP) is 4.17. The number of benzene rings is 1. The highest BCUT2D eigenvalue weighted by Crippen LogP contribution is 2.19. The number of rotatable bonds is 9. The molecule has 174 valence electrons. The van der Waals surface area contributed by atoms with Crippen LogP contribution >= 0.6 is 11.8 Å². The first-order valence-electron chi connectivity index (χ1n) is 9.55. The molecule has 0 fully saturated rings. The second-order valence-electron chi connectivity index (χ2n) is 7.25. The van der Waals surface area contributed by atoms with Gasteiger partial charge in [-0.15, -0.1) is 0 Å². The van der Waals surface area contributed by atoms with E-state index in [4.69, 9.17) is 21.6 Å². The third-order valence-corrected chi connectivity index (χ3v) is 5.24. The summed E-state index contributed by atoms with van der Waals surface area (Å²) in [6, 6.07) is 1.82. The van der Waals surface area contributed by atoms with Crippen LogP contribution in [0.4, 0.5) is 13.2 Å². The summed E-state index contributed by atoms with van der Waals surface area (Å²) in [6.07, 6.45) is 1.07. The first-order valence-corrected chi connectivity index (χ1v) is 10.4. The molecule has 33 heavy (non-hydrogen) atoms. The molecule has 0 radical (unpaired) electrons. The van der Waals surface area contributed by atoms with E-state index in [2.05, 4.69) is 10.3 Å². The minimum Gasteiger partial charge on any atom is -0.356 e. The zero-order valence-corrected chi connectivity index (χ0v) is 18.5. The molecule has 6 N–H and O–H groups in total. The van der Waals surface area contributed by atoms with Crippen molar-refractivity contribution in [2.45, 2.75) is 20.3 Å². The molecule has 0 atom stereocenters. The van der Waals surface area contributed by atoms with Crippen LogP contribution in [0.2, 0.25) is 0 Å². The molecule has 0 unspecified atom stereocenters. The number of carbonyl (C=O) groups excluding carboxylic acids is 2. The Hall–Kier alpha value is -3.54. The molecule has 0 saturated heterocycles. The number of hydrogen-bond donors (Lipinski definition) is 6. The minimum absolute atomic E-state index is 0.00232. The van der Waals surface area contributed by atoms with Crippen LogP contribution in [0, 0.1) is 45.0 Å². The van der Waals surface area contributed by atoms with E-state index in [9.17, 15) is 22.8 Å². The van der Waals surface area contributed by atoms with Gasteiger partial charge in [-0.25, -0.2) is 13.2 Å². The van der Waals surface area contributed by atoms with Crippen molar-refractivity contribution in [2.75, 3.05) is 6.54 Å². The third-order valence-electron chi connectivity index (χ3n) is 4.40. The number of aromatic nitrogens is 1. The van der Waals surface area contributed by atoms with Crippen LogP contribution in [0.15, 0.2) is 24.4 Å². The van der Waals surface area contributed by atoms with E-state index in [1.165, 1.54) is 0 Å². The van der Waals surface area contributed by atoms with E-state index in [1.807, 2.05) is 0 Å². The maximum Gasteiger partial charge on any atom is 0.268 e. The summed E-state index contributed by atoms with van der Waals surface area (Å²) in [6.45, 7) is 3.33. The maximum atomic E-state index is 13.8. The number of amides is 1. The highest BCUT2D eigenvalue weighted by Gasteiger charge is 2.22. The molecule has 12 heteroatoms. The molecule has 2 rings (SSSR count). The second-order valence-corrected chi connectivity index (χ2v) is 8.35. The Bertz CT molecular complexity index is 1140. The quantitative estimate of drug-likeness (QED) is 0.182. The van der Waals surface area contributed by atoms with Gasteiger partial charge in [0.05, 0.1) is 22.9 Å². The molecule has 1 aromatic carbocycles. The largest absolute Gasteiger partial charge is 0.356 e. The number of carbonyl (C=O) groups is 2. The summed E-state index contributed by atoms with van der Waals surface area (Å²) < 4.78 is 40.7. The average Bonchev–Trinajstić information content (AvgIpc) is 3.21. The Morgan fingerprint density at radius 2 is 1.67 bits per heavy atom. The summed E-state index contributed by atoms with van der Waals surface area (Å²) in [5.74, 6) is -5.77. The Morgan fingerprint density at radius 3 is 2.24 bits per heavy atom. The van der Waals surface area contributed by atoms with Gasteiger partial charge in [0.15, 0.2) is 5.78 Å². The number of halogens is 3. The lowest BCUT2D eigenvalue weighted by atomic mass is 10.0. The molecule has 1 aromatic heterocycles. The van der Waals surface area contributed by atoms with Crippen LogP contribution in [0.5, 0.6) is 0 Å². The van der Waals surface area contributed by atoms with Gasteiger partial charge in [-0.05, 0) is 12.0 Å². The van der Waals surface area contributed by atoms with Gasteiger partial charge in [0, 0.05) is 36.0 Å². The molecule has 2 aromatic rings. The molecule has 0 spiro atoms. The Labute approximate surface area is 191 Å². The van der Waals surface area contributed by atoms with E-state index in [1.54, 1.807) is 13.8 Å². The number of hydrogen-bond acceptors (Lipinski definition) is 7. The van der Waals surface area contributed by atoms with Gasteiger partial charge in [-0.3, -0.25) is 20.4 Å². The van der Waals surface area contributed by atoms with Crippen molar-refractivity contribution in [2.24, 2.45) is 5.92 Å². The van der Waals surface area contributed by atoms with E-state index in [-0.39, 0.29) is 45.9 Å². The second kappa shape index (κ2) is 10.9. The van der Waals surface area contributed by atoms with E-state index in [0.717, 1.165) is 12.3 Å². The van der Waals surface area contributed by atoms with E-state index < -0.39 is 34.7 Å². The van der Waals surface area contributed by atoms with E-state index in [0.29, 0.717) is 29.6 Å². The van der Waals surface area contributed by atoms with Crippen LogP contribution < -0.4 is 5.32 Å². The van der Waals surface area contributed by atoms with Crippen molar-refractivity contribution in [3.05, 3.63) is 58.7 Å². The zero-order chi connectivity index (χ0) is 24.9. The number of thioether (sulfide) groups is 1. The minimum atomic E-state index is -1.37. The van der Waals surface area contributed by atoms with Gasteiger partial charge in [0.2, 0.25) is 0 Å². The Kier molecular flexibility index (Phi) is 8.46. The van der Waals surface area contributed by atoms with Crippen LogP contribution in [0.1, 0.15) is 46.7 Å². The predicted molar refractivity (Wildman–Crippen MR) is 121 cm³/mol. The van der Waals surface area contributed by atoms with Crippen molar-refractivity contribution >= 4 is 45.0 Å². The molecule has 1 heterocycles. The lowest BCUT2D eigenvalue weighted by molar-refractivity contribution is 0.0955. The third kappa shape index (κ3) is 6.72. The maximum absolute atomic E-state index is 13.8. The van der Waals surface area contributed by atoms with Gasteiger partial charge in [0.25, 0.3) is 5.91 Å². The Morgan fingerprint density at radius 1 is 1.06 bits per heavy atom. The molecule has 8 nitrogen and oxygen atoms in total. The molecule has 0 saturated carbocycles. The van der Waals surface area contributed by atoms with Gasteiger partial charge in [-0.2, -0.15) is 0 Å². The summed E-state index contributed by atoms with van der Waals surface area (Å²) in [5.41, 5.74) is -1.11. The highest BCUT2D eigenvalue weighted by molar-refractivity contribution is 8.27. The van der Waals surface area contributed by atoms with Gasteiger partial charge in [0.1, 0.15) is 28.2 Å². The smallest absolute Gasteiger partial charge is 0.268 e. The molecular weight excluding hydrogens is 457 g/mol. The standard InChI is InChI=1S/C21H21F3N6O2S/c1-9(2)14(25)6-15(26)20(28)33-17(27)8-30-21(32)16-3-10(7-29-16)19(31)18-12(23)4-11(22)5-13(18)24/h3-5,7,9,25-29H,6,8H2,1-2H3,(H,30,32). The monoisotopic (exact) mass is 478 g/mol. The lowest BCUT2D eigenvalue weighted by Crippen LogP contribution is -2.29. The topological polar surface area (TPSA) is 157 Å². The van der Waals surface area contributed by atoms with Crippen molar-refractivity contribution in [3.8, 4) is 0 Å². The van der Waals surface area contributed by atoms with Crippen LogP contribution in [0.3, 0.4) is 0 Å². The summed E-state index contributed by atoms with van der Waals surface area (Å²) in [7, 11) is 0. The molecule has 0 aliphatic carbocycles. The molecule has 0 aliphatic rings. The van der Waals surface area contributed by atoms with Crippen molar-refractivity contribution < 1.29 is 22.8 Å². The van der Waals surface area contributed by atoms with Crippen LogP contribution in [-0.4, -0.2) is 44.7 Å². The number of H-pyrrole nitrogens is 1. The molecular formula is C21H21F3N6O2S. The summed E-state index contributed by atoms with van der Waals surface area (Å²) in [4.78, 5) is 27.1. The van der Waals surface area contributed by atoms with Crippen molar-refractivity contribution in [1.29, 1.82) is 21.6 Å². The van der Waals surface area contributed by atoms with E-state index >= 15 is 0 Å². The Balaban J connectivity index is 1.95. The summed E-state index contributed by atoms with van der Waals surface area (Å²) in [5, 5.41) is 33.4. The van der Waals surface area contributed by atoms with Gasteiger partial charge >= 0.3 is 0 Å². The SMILES string of the molecule is CC(C)C(=N)CC(=N)C(=N)SC(=N)CNC(=O)c1cc(C(=O)c2c(F)cc(F)cc2F)c[nH]1. The van der Waals surface area contributed by atoms with Crippen LogP contribution in [0.25, 0.3) is 0 Å². The molecule has 1 amide bonds. The fraction of sp³-hybridized carbons (Fsp3) is 0.238. The van der Waals surface area contributed by atoms with Gasteiger partial charge in [-0.1, -0.05) is 25.6 Å². The average molecular weight is 479 g/mol. The molecule has 0 bridgehead atoms. The first kappa shape index (κ1) is 25.7. The number of ketones is 1. The fourth-order valence-corrected chi connectivity index (χ4v) is 3.10. The van der Waals surface area contributed by atoms with Crippen LogP contribution in [-0.2, 0) is 0 Å². The fourth-order valence-electron chi connectivity index (χ4n) is 2.51.